The highest BCUT2D eigenvalue weighted by Crippen LogP contribution is 2.32. The fraction of sp³-hybridized carbons (Fsp3) is 0.167. The van der Waals surface area contributed by atoms with Crippen LogP contribution in [0.1, 0.15) is 25.8 Å². The molecule has 0 saturated carbocycles. The van der Waals surface area contributed by atoms with Gasteiger partial charge in [-0.3, -0.25) is 14.9 Å². The number of H-pyrrole nitrogens is 2. The van der Waals surface area contributed by atoms with Gasteiger partial charge in [-0.2, -0.15) is 5.10 Å². The molecule has 39 heavy (non-hydrogen) atoms. The number of hydrogen-bond acceptors (Lipinski definition) is 5. The number of imidazole rings is 1. The normalized spacial score (nSPS) is 11.5. The van der Waals surface area contributed by atoms with Crippen molar-refractivity contribution >= 4 is 33.7 Å². The maximum atomic E-state index is 14.2. The Morgan fingerprint density at radius 1 is 0.974 bits per heavy atom. The molecule has 6 rings (SSSR count). The molecule has 0 fully saturated rings. The van der Waals surface area contributed by atoms with Crippen LogP contribution < -0.4 is 5.32 Å². The molecule has 0 aliphatic rings. The Kier molecular flexibility index (Phi) is 6.11. The Hall–Kier alpha value is -4.92. The molecule has 0 saturated heterocycles. The van der Waals surface area contributed by atoms with E-state index in [1.54, 1.807) is 12.4 Å². The van der Waals surface area contributed by atoms with E-state index in [1.165, 1.54) is 12.1 Å². The maximum Gasteiger partial charge on any atom is 0.224 e. The smallest absolute Gasteiger partial charge is 0.224 e. The number of fused-ring (bicyclic) bond motifs is 2. The van der Waals surface area contributed by atoms with Crippen LogP contribution in [-0.4, -0.2) is 36.0 Å². The van der Waals surface area contributed by atoms with Crippen molar-refractivity contribution in [2.75, 3.05) is 5.32 Å². The van der Waals surface area contributed by atoms with Crippen molar-refractivity contribution in [2.24, 2.45) is 5.92 Å². The highest BCUT2D eigenvalue weighted by molar-refractivity contribution is 5.96. The molecule has 0 radical (unpaired) electrons. The summed E-state index contributed by atoms with van der Waals surface area (Å²) in [6.07, 6.45) is 3.76. The molecule has 0 bridgehead atoms. The van der Waals surface area contributed by atoms with E-state index in [0.29, 0.717) is 34.8 Å². The highest BCUT2D eigenvalue weighted by atomic mass is 19.1. The highest BCUT2D eigenvalue weighted by Gasteiger charge is 2.17. The molecule has 9 heteroatoms. The molecule has 4 heterocycles. The zero-order chi connectivity index (χ0) is 27.1. The fourth-order valence-corrected chi connectivity index (χ4v) is 4.73. The number of aryl methyl sites for hydroxylation is 1. The van der Waals surface area contributed by atoms with Crippen LogP contribution in [0.15, 0.2) is 67.0 Å². The summed E-state index contributed by atoms with van der Waals surface area (Å²) in [6.45, 7) is 5.87. The molecule has 1 amide bonds. The predicted molar refractivity (Wildman–Crippen MR) is 150 cm³/mol. The van der Waals surface area contributed by atoms with Crippen LogP contribution in [0.3, 0.4) is 0 Å². The lowest BCUT2D eigenvalue weighted by molar-refractivity contribution is -0.116. The second-order valence-corrected chi connectivity index (χ2v) is 10.1. The Balaban J connectivity index is 1.39. The van der Waals surface area contributed by atoms with Crippen LogP contribution in [0.2, 0.25) is 0 Å². The van der Waals surface area contributed by atoms with E-state index >= 15 is 0 Å². The van der Waals surface area contributed by atoms with Crippen molar-refractivity contribution in [1.82, 2.24) is 30.1 Å². The zero-order valence-corrected chi connectivity index (χ0v) is 21.7. The number of pyridine rings is 2. The van der Waals surface area contributed by atoms with Gasteiger partial charge in [-0.15, -0.1) is 0 Å². The first kappa shape index (κ1) is 24.4. The van der Waals surface area contributed by atoms with Crippen LogP contribution in [0.5, 0.6) is 0 Å². The van der Waals surface area contributed by atoms with Gasteiger partial charge in [0.05, 0.1) is 34.1 Å². The number of carbonyl (C=O) groups is 1. The average molecular weight is 520 g/mol. The summed E-state index contributed by atoms with van der Waals surface area (Å²) >= 11 is 0. The lowest BCUT2D eigenvalue weighted by Gasteiger charge is -2.08. The van der Waals surface area contributed by atoms with E-state index in [1.807, 2.05) is 63.2 Å². The van der Waals surface area contributed by atoms with Gasteiger partial charge in [-0.05, 0) is 60.4 Å². The molecule has 4 aromatic heterocycles. The molecular weight excluding hydrogens is 493 g/mol. The van der Waals surface area contributed by atoms with Gasteiger partial charge in [0.1, 0.15) is 11.3 Å². The van der Waals surface area contributed by atoms with Gasteiger partial charge in [0.2, 0.25) is 5.91 Å². The second-order valence-electron chi connectivity index (χ2n) is 10.1. The second kappa shape index (κ2) is 9.75. The average Bonchev–Trinajstić information content (AvgIpc) is 3.51. The van der Waals surface area contributed by atoms with Gasteiger partial charge in [0.15, 0.2) is 11.5 Å². The monoisotopic (exact) mass is 519 g/mol. The Morgan fingerprint density at radius 3 is 2.67 bits per heavy atom. The SMILES string of the molecule is Cc1cc(F)cc(-c2cccc3[nH]c(-c4n[nH]c5ccc(-c6cncc(NC(=O)CC(C)C)c6)nc45)nc23)c1. The first-order valence-corrected chi connectivity index (χ1v) is 12.7. The summed E-state index contributed by atoms with van der Waals surface area (Å²) < 4.78 is 14.2. The number of aromatic nitrogens is 6. The fourth-order valence-electron chi connectivity index (χ4n) is 4.73. The number of rotatable bonds is 6. The number of halogens is 1. The molecule has 3 N–H and O–H groups in total. The van der Waals surface area contributed by atoms with Crippen molar-refractivity contribution in [2.45, 2.75) is 27.2 Å². The predicted octanol–water partition coefficient (Wildman–Crippen LogP) is 6.66. The molecule has 0 atom stereocenters. The molecule has 194 valence electrons. The van der Waals surface area contributed by atoms with Crippen molar-refractivity contribution in [3.8, 4) is 33.9 Å². The number of anilines is 1. The van der Waals surface area contributed by atoms with Gasteiger partial charge in [-0.25, -0.2) is 14.4 Å². The lowest BCUT2D eigenvalue weighted by atomic mass is 10.0. The van der Waals surface area contributed by atoms with Gasteiger partial charge < -0.3 is 10.3 Å². The standard InChI is InChI=1S/C30H26FN7O/c1-16(2)9-26(39)33-21-13-19(14-32-15-21)23-7-8-25-28(34-23)29(38-37-25)30-35-24-6-4-5-22(27(24)36-30)18-10-17(3)11-20(31)12-18/h4-8,10-16H,9H2,1-3H3,(H,33,39)(H,35,36)(H,37,38). The summed E-state index contributed by atoms with van der Waals surface area (Å²) in [5.74, 6) is 0.472. The maximum absolute atomic E-state index is 14.2. The first-order chi connectivity index (χ1) is 18.8. The van der Waals surface area contributed by atoms with Crippen molar-refractivity contribution in [3.63, 3.8) is 0 Å². The van der Waals surface area contributed by atoms with E-state index in [0.717, 1.165) is 38.8 Å². The number of nitrogens with zero attached hydrogens (tertiary/aromatic N) is 4. The van der Waals surface area contributed by atoms with Gasteiger partial charge in [-0.1, -0.05) is 32.0 Å². The lowest BCUT2D eigenvalue weighted by Crippen LogP contribution is -2.14. The van der Waals surface area contributed by atoms with Gasteiger partial charge in [0.25, 0.3) is 0 Å². The summed E-state index contributed by atoms with van der Waals surface area (Å²) in [4.78, 5) is 29.6. The minimum absolute atomic E-state index is 0.0536. The minimum atomic E-state index is -0.286. The third-order valence-corrected chi connectivity index (χ3v) is 6.41. The van der Waals surface area contributed by atoms with Gasteiger partial charge >= 0.3 is 0 Å². The number of benzene rings is 2. The number of hydrogen-bond donors (Lipinski definition) is 3. The Labute approximate surface area is 223 Å². The summed E-state index contributed by atoms with van der Waals surface area (Å²) in [6, 6.07) is 16.4. The number of amides is 1. The molecular formula is C30H26FN7O. The van der Waals surface area contributed by atoms with Crippen LogP contribution in [-0.2, 0) is 4.79 Å². The van der Waals surface area contributed by atoms with Gasteiger partial charge in [0, 0.05) is 23.7 Å². The molecule has 2 aromatic carbocycles. The summed E-state index contributed by atoms with van der Waals surface area (Å²) in [5, 5.41) is 10.4. The largest absolute Gasteiger partial charge is 0.336 e. The van der Waals surface area contributed by atoms with Crippen molar-refractivity contribution < 1.29 is 9.18 Å². The number of nitrogens with one attached hydrogen (secondary N) is 3. The first-order valence-electron chi connectivity index (χ1n) is 12.7. The number of aromatic amines is 2. The molecule has 0 spiro atoms. The topological polar surface area (TPSA) is 112 Å². The molecule has 0 unspecified atom stereocenters. The Bertz CT molecular complexity index is 1830. The number of para-hydroxylation sites is 1. The molecule has 6 aromatic rings. The third-order valence-electron chi connectivity index (χ3n) is 6.41. The van der Waals surface area contributed by atoms with E-state index in [9.17, 15) is 9.18 Å². The minimum Gasteiger partial charge on any atom is -0.336 e. The summed E-state index contributed by atoms with van der Waals surface area (Å²) in [7, 11) is 0. The van der Waals surface area contributed by atoms with Crippen molar-refractivity contribution in [1.29, 1.82) is 0 Å². The molecule has 8 nitrogen and oxygen atoms in total. The molecule has 0 aliphatic heterocycles. The zero-order valence-electron chi connectivity index (χ0n) is 21.7. The van der Waals surface area contributed by atoms with Crippen LogP contribution >= 0.6 is 0 Å². The van der Waals surface area contributed by atoms with Crippen LogP contribution in [0.25, 0.3) is 56.0 Å². The Morgan fingerprint density at radius 2 is 1.85 bits per heavy atom. The quantitative estimate of drug-likeness (QED) is 0.228. The van der Waals surface area contributed by atoms with E-state index in [2.05, 4.69) is 25.5 Å². The number of carbonyl (C=O) groups excluding carboxylic acids is 1. The van der Waals surface area contributed by atoms with E-state index < -0.39 is 0 Å². The van der Waals surface area contributed by atoms with Crippen molar-refractivity contribution in [3.05, 3.63) is 78.4 Å². The third kappa shape index (κ3) is 4.86. The molecule has 0 aliphatic carbocycles. The van der Waals surface area contributed by atoms with Crippen LogP contribution in [0.4, 0.5) is 10.1 Å². The van der Waals surface area contributed by atoms with Crippen LogP contribution in [0, 0.1) is 18.7 Å². The summed E-state index contributed by atoms with van der Waals surface area (Å²) in [5.41, 5.74) is 7.99. The van der Waals surface area contributed by atoms with E-state index in [4.69, 9.17) is 9.97 Å². The van der Waals surface area contributed by atoms with E-state index in [-0.39, 0.29) is 17.6 Å².